The van der Waals surface area contributed by atoms with Crippen LogP contribution in [0.15, 0.2) is 67.0 Å². The van der Waals surface area contributed by atoms with Gasteiger partial charge in [-0.25, -0.2) is 4.39 Å². The summed E-state index contributed by atoms with van der Waals surface area (Å²) in [5, 5.41) is 2.87. The summed E-state index contributed by atoms with van der Waals surface area (Å²) in [4.78, 5) is 19.4. The van der Waals surface area contributed by atoms with Gasteiger partial charge < -0.3 is 14.8 Å². The molecule has 1 saturated heterocycles. The molecule has 1 fully saturated rings. The molecule has 0 saturated carbocycles. The Morgan fingerprint density at radius 2 is 1.87 bits per heavy atom. The number of morpholine rings is 1. The lowest BCUT2D eigenvalue weighted by Crippen LogP contribution is -2.35. The van der Waals surface area contributed by atoms with Crippen LogP contribution in [-0.4, -0.2) is 42.1 Å². The predicted octanol–water partition coefficient (Wildman–Crippen LogP) is 3.88. The van der Waals surface area contributed by atoms with Crippen molar-refractivity contribution in [3.05, 3.63) is 89.5 Å². The number of anilines is 1. The molecule has 1 N–H and O–H groups in total. The van der Waals surface area contributed by atoms with Crippen LogP contribution >= 0.6 is 0 Å². The number of halogens is 1. The van der Waals surface area contributed by atoms with E-state index in [-0.39, 0.29) is 18.3 Å². The Kier molecular flexibility index (Phi) is 6.86. The molecular weight excluding hydrogens is 397 g/mol. The van der Waals surface area contributed by atoms with Gasteiger partial charge in [-0.2, -0.15) is 0 Å². The molecule has 0 atom stereocenters. The van der Waals surface area contributed by atoms with E-state index in [4.69, 9.17) is 9.47 Å². The van der Waals surface area contributed by atoms with Crippen molar-refractivity contribution in [2.24, 2.45) is 0 Å². The number of nitrogens with zero attached hydrogens (tertiary/aromatic N) is 2. The molecule has 4 rings (SSSR count). The molecular formula is C24H24FN3O3. The molecule has 2 aromatic carbocycles. The number of amides is 1. The van der Waals surface area contributed by atoms with Gasteiger partial charge in [-0.3, -0.25) is 14.7 Å². The first-order chi connectivity index (χ1) is 15.2. The number of rotatable bonds is 7. The Morgan fingerprint density at radius 3 is 2.61 bits per heavy atom. The normalized spacial score (nSPS) is 14.2. The molecule has 1 aliphatic heterocycles. The van der Waals surface area contributed by atoms with E-state index >= 15 is 0 Å². The number of carbonyl (C=O) groups excluding carboxylic acids is 1. The number of benzene rings is 2. The highest BCUT2D eigenvalue weighted by Crippen LogP contribution is 2.24. The predicted molar refractivity (Wildman–Crippen MR) is 115 cm³/mol. The summed E-state index contributed by atoms with van der Waals surface area (Å²) in [6.07, 6.45) is 3.24. The fourth-order valence-electron chi connectivity index (χ4n) is 3.37. The van der Waals surface area contributed by atoms with Gasteiger partial charge in [-0.15, -0.1) is 0 Å². The van der Waals surface area contributed by atoms with Crippen molar-refractivity contribution in [3.8, 4) is 5.75 Å². The van der Waals surface area contributed by atoms with Crippen LogP contribution in [0.25, 0.3) is 0 Å². The number of carbonyl (C=O) groups is 1. The number of hydrogen-bond acceptors (Lipinski definition) is 5. The maximum absolute atomic E-state index is 13.2. The average Bonchev–Trinajstić information content (AvgIpc) is 2.80. The van der Waals surface area contributed by atoms with Gasteiger partial charge in [0.25, 0.3) is 5.91 Å². The van der Waals surface area contributed by atoms with Crippen molar-refractivity contribution in [3.63, 3.8) is 0 Å². The topological polar surface area (TPSA) is 63.7 Å². The second-order valence-corrected chi connectivity index (χ2v) is 7.33. The smallest absolute Gasteiger partial charge is 0.259 e. The maximum Gasteiger partial charge on any atom is 0.259 e. The quantitative estimate of drug-likeness (QED) is 0.627. The molecule has 31 heavy (non-hydrogen) atoms. The third kappa shape index (κ3) is 5.87. The molecule has 1 aromatic heterocycles. The first kappa shape index (κ1) is 21.0. The van der Waals surface area contributed by atoms with Gasteiger partial charge in [-0.05, 0) is 47.5 Å². The molecule has 160 valence electrons. The molecule has 1 aliphatic rings. The fraction of sp³-hybridized carbons (Fsp3) is 0.250. The Hall–Kier alpha value is -3.29. The molecule has 7 heteroatoms. The lowest BCUT2D eigenvalue weighted by Gasteiger charge is -2.26. The van der Waals surface area contributed by atoms with E-state index in [1.807, 2.05) is 18.2 Å². The van der Waals surface area contributed by atoms with E-state index in [9.17, 15) is 9.18 Å². The van der Waals surface area contributed by atoms with Crippen LogP contribution < -0.4 is 10.1 Å². The van der Waals surface area contributed by atoms with Gasteiger partial charge in [-0.1, -0.05) is 18.2 Å². The number of aromatic nitrogens is 1. The van der Waals surface area contributed by atoms with E-state index < -0.39 is 0 Å². The lowest BCUT2D eigenvalue weighted by atomic mass is 10.1. The van der Waals surface area contributed by atoms with Crippen LogP contribution in [-0.2, 0) is 17.9 Å². The summed E-state index contributed by atoms with van der Waals surface area (Å²) in [6, 6.07) is 15.3. The van der Waals surface area contributed by atoms with Crippen LogP contribution in [0.2, 0.25) is 0 Å². The zero-order valence-electron chi connectivity index (χ0n) is 17.1. The summed E-state index contributed by atoms with van der Waals surface area (Å²) < 4.78 is 24.5. The van der Waals surface area contributed by atoms with Gasteiger partial charge in [0, 0.05) is 25.8 Å². The van der Waals surface area contributed by atoms with Gasteiger partial charge in [0.1, 0.15) is 18.2 Å². The Labute approximate surface area is 180 Å². The van der Waals surface area contributed by atoms with Crippen LogP contribution in [0, 0.1) is 5.82 Å². The van der Waals surface area contributed by atoms with E-state index in [0.717, 1.165) is 30.8 Å². The summed E-state index contributed by atoms with van der Waals surface area (Å²) >= 11 is 0. The summed E-state index contributed by atoms with van der Waals surface area (Å²) in [7, 11) is 0. The monoisotopic (exact) mass is 421 g/mol. The highest BCUT2D eigenvalue weighted by molar-refractivity contribution is 6.06. The van der Waals surface area contributed by atoms with Crippen molar-refractivity contribution in [2.45, 2.75) is 13.2 Å². The number of pyridine rings is 1. The highest BCUT2D eigenvalue weighted by atomic mass is 19.1. The Morgan fingerprint density at radius 1 is 1.10 bits per heavy atom. The standard InChI is InChI=1S/C24H24FN3O3/c25-20-6-3-18(4-7-20)17-31-23-8-5-19(16-28-10-12-30-13-11-28)14-22(23)24(29)27-21-2-1-9-26-15-21/h1-9,14-15H,10-13,16-17H2,(H,27,29). The minimum absolute atomic E-state index is 0.232. The third-order valence-electron chi connectivity index (χ3n) is 5.03. The van der Waals surface area contributed by atoms with E-state index in [2.05, 4.69) is 15.2 Å². The van der Waals surface area contributed by atoms with E-state index in [1.54, 1.807) is 36.7 Å². The molecule has 0 radical (unpaired) electrons. The van der Waals surface area contributed by atoms with Gasteiger partial charge in [0.05, 0.1) is 30.7 Å². The maximum atomic E-state index is 13.2. The largest absolute Gasteiger partial charge is 0.488 e. The number of nitrogens with one attached hydrogen (secondary N) is 1. The number of hydrogen-bond donors (Lipinski definition) is 1. The van der Waals surface area contributed by atoms with Crippen LogP contribution in [0.4, 0.5) is 10.1 Å². The zero-order chi connectivity index (χ0) is 21.5. The van der Waals surface area contributed by atoms with Crippen molar-refractivity contribution in [1.82, 2.24) is 9.88 Å². The minimum Gasteiger partial charge on any atom is -0.488 e. The second kappa shape index (κ2) is 10.1. The zero-order valence-corrected chi connectivity index (χ0v) is 17.1. The highest BCUT2D eigenvalue weighted by Gasteiger charge is 2.17. The molecule has 6 nitrogen and oxygen atoms in total. The molecule has 0 spiro atoms. The van der Waals surface area contributed by atoms with Crippen LogP contribution in [0.1, 0.15) is 21.5 Å². The first-order valence-electron chi connectivity index (χ1n) is 10.2. The third-order valence-corrected chi connectivity index (χ3v) is 5.03. The SMILES string of the molecule is O=C(Nc1cccnc1)c1cc(CN2CCOCC2)ccc1OCc1ccc(F)cc1. The van der Waals surface area contributed by atoms with Crippen LogP contribution in [0.3, 0.4) is 0 Å². The Balaban J connectivity index is 1.54. The summed E-state index contributed by atoms with van der Waals surface area (Å²) in [6.45, 7) is 4.12. The van der Waals surface area contributed by atoms with Crippen molar-refractivity contribution in [2.75, 3.05) is 31.6 Å². The minimum atomic E-state index is -0.298. The van der Waals surface area contributed by atoms with Crippen molar-refractivity contribution < 1.29 is 18.7 Å². The fourth-order valence-corrected chi connectivity index (χ4v) is 3.37. The van der Waals surface area contributed by atoms with E-state index in [0.29, 0.717) is 30.2 Å². The Bertz CT molecular complexity index is 1010. The molecule has 0 bridgehead atoms. The first-order valence-corrected chi connectivity index (χ1v) is 10.2. The van der Waals surface area contributed by atoms with Crippen molar-refractivity contribution >= 4 is 11.6 Å². The van der Waals surface area contributed by atoms with Gasteiger partial charge in [0.2, 0.25) is 0 Å². The van der Waals surface area contributed by atoms with Gasteiger partial charge in [0.15, 0.2) is 0 Å². The van der Waals surface area contributed by atoms with Crippen LogP contribution in [0.5, 0.6) is 5.75 Å². The average molecular weight is 421 g/mol. The molecule has 0 aliphatic carbocycles. The molecule has 1 amide bonds. The number of ether oxygens (including phenoxy) is 2. The molecule has 3 aromatic rings. The van der Waals surface area contributed by atoms with E-state index in [1.165, 1.54) is 12.1 Å². The molecule has 0 unspecified atom stereocenters. The molecule has 2 heterocycles. The summed E-state index contributed by atoms with van der Waals surface area (Å²) in [5.41, 5.74) is 2.89. The van der Waals surface area contributed by atoms with Gasteiger partial charge >= 0.3 is 0 Å². The summed E-state index contributed by atoms with van der Waals surface area (Å²) in [5.74, 6) is -0.102. The second-order valence-electron chi connectivity index (χ2n) is 7.33. The van der Waals surface area contributed by atoms with Crippen molar-refractivity contribution in [1.29, 1.82) is 0 Å². The lowest BCUT2D eigenvalue weighted by molar-refractivity contribution is 0.0341.